The molecule has 0 aliphatic carbocycles. The van der Waals surface area contributed by atoms with E-state index < -0.39 is 0 Å². The van der Waals surface area contributed by atoms with Gasteiger partial charge in [0.2, 0.25) is 17.7 Å². The second-order valence-corrected chi connectivity index (χ2v) is 6.52. The lowest BCUT2D eigenvalue weighted by Crippen LogP contribution is -2.46. The summed E-state index contributed by atoms with van der Waals surface area (Å²) in [5.41, 5.74) is 2.51. The van der Waals surface area contributed by atoms with Crippen LogP contribution in [0.1, 0.15) is 11.5 Å². The summed E-state index contributed by atoms with van der Waals surface area (Å²) in [4.78, 5) is 25.8. The molecular weight excluding hydrogens is 346 g/mol. The van der Waals surface area contributed by atoms with Crippen LogP contribution in [0.25, 0.3) is 11.2 Å². The summed E-state index contributed by atoms with van der Waals surface area (Å²) in [5.74, 6) is 2.81. The van der Waals surface area contributed by atoms with Gasteiger partial charge in [-0.25, -0.2) is 9.97 Å². The standard InChI is InChI=1S/C18H23N7O2/c1-12-10-16(27-3)23-18(19-12)25-8-6-24(7-9-25)11-14-20-13-4-5-15(26-2)22-17(13)21-14/h4-5,10H,6-9,11H2,1-3H3,(H,20,21,22). The van der Waals surface area contributed by atoms with Gasteiger partial charge in [-0.3, -0.25) is 4.90 Å². The molecule has 0 spiro atoms. The summed E-state index contributed by atoms with van der Waals surface area (Å²) >= 11 is 0. The van der Waals surface area contributed by atoms with Crippen LogP contribution in [0.3, 0.4) is 0 Å². The largest absolute Gasteiger partial charge is 0.481 e. The molecule has 0 radical (unpaired) electrons. The summed E-state index contributed by atoms with van der Waals surface area (Å²) in [5, 5.41) is 0. The molecule has 9 nitrogen and oxygen atoms in total. The van der Waals surface area contributed by atoms with Crippen LogP contribution in [0.5, 0.6) is 11.8 Å². The minimum atomic E-state index is 0.572. The Morgan fingerprint density at radius 1 is 0.963 bits per heavy atom. The molecule has 0 saturated carbocycles. The van der Waals surface area contributed by atoms with Crippen molar-refractivity contribution in [1.29, 1.82) is 0 Å². The molecule has 0 bridgehead atoms. The SMILES string of the molecule is COc1cc(C)nc(N2CCN(Cc3nc4nc(OC)ccc4[nH]3)CC2)n1. The Balaban J connectivity index is 1.40. The molecule has 1 fully saturated rings. The molecule has 4 heterocycles. The third kappa shape index (κ3) is 3.77. The van der Waals surface area contributed by atoms with Crippen molar-refractivity contribution in [2.75, 3.05) is 45.3 Å². The van der Waals surface area contributed by atoms with Gasteiger partial charge in [0.1, 0.15) is 5.82 Å². The zero-order valence-corrected chi connectivity index (χ0v) is 15.8. The Labute approximate surface area is 157 Å². The number of hydrogen-bond donors (Lipinski definition) is 1. The predicted molar refractivity (Wildman–Crippen MR) is 101 cm³/mol. The van der Waals surface area contributed by atoms with Gasteiger partial charge in [-0.05, 0) is 13.0 Å². The van der Waals surface area contributed by atoms with Crippen molar-refractivity contribution in [2.45, 2.75) is 13.5 Å². The van der Waals surface area contributed by atoms with Crippen LogP contribution in [0.2, 0.25) is 0 Å². The fourth-order valence-corrected chi connectivity index (χ4v) is 3.20. The molecule has 0 aromatic carbocycles. The van der Waals surface area contributed by atoms with Gasteiger partial charge < -0.3 is 19.4 Å². The van der Waals surface area contributed by atoms with Gasteiger partial charge in [0.25, 0.3) is 0 Å². The van der Waals surface area contributed by atoms with Gasteiger partial charge in [0.15, 0.2) is 5.65 Å². The van der Waals surface area contributed by atoms with Crippen LogP contribution in [0.4, 0.5) is 5.95 Å². The molecule has 0 unspecified atom stereocenters. The molecule has 1 aliphatic rings. The minimum Gasteiger partial charge on any atom is -0.481 e. The van der Waals surface area contributed by atoms with E-state index in [0.29, 0.717) is 17.4 Å². The van der Waals surface area contributed by atoms with E-state index >= 15 is 0 Å². The highest BCUT2D eigenvalue weighted by molar-refractivity contribution is 5.71. The van der Waals surface area contributed by atoms with E-state index in [0.717, 1.165) is 55.7 Å². The lowest BCUT2D eigenvalue weighted by molar-refractivity contribution is 0.243. The van der Waals surface area contributed by atoms with Crippen molar-refractivity contribution in [2.24, 2.45) is 0 Å². The number of imidazole rings is 1. The number of aryl methyl sites for hydroxylation is 1. The molecule has 0 atom stereocenters. The summed E-state index contributed by atoms with van der Waals surface area (Å²) in [6.07, 6.45) is 0. The van der Waals surface area contributed by atoms with Crippen molar-refractivity contribution >= 4 is 17.1 Å². The first-order chi connectivity index (χ1) is 13.1. The number of ether oxygens (including phenoxy) is 2. The number of pyridine rings is 1. The Hall–Kier alpha value is -2.94. The van der Waals surface area contributed by atoms with Crippen LogP contribution in [0, 0.1) is 6.92 Å². The third-order valence-electron chi connectivity index (χ3n) is 4.64. The Morgan fingerprint density at radius 3 is 2.48 bits per heavy atom. The Bertz CT molecular complexity index is 935. The number of rotatable bonds is 5. The maximum atomic E-state index is 5.26. The van der Waals surface area contributed by atoms with Crippen LogP contribution in [0.15, 0.2) is 18.2 Å². The number of fused-ring (bicyclic) bond motifs is 1. The van der Waals surface area contributed by atoms with E-state index in [1.165, 1.54) is 0 Å². The quantitative estimate of drug-likeness (QED) is 0.721. The number of aromatic amines is 1. The molecule has 3 aromatic heterocycles. The Morgan fingerprint density at radius 2 is 1.74 bits per heavy atom. The van der Waals surface area contributed by atoms with E-state index in [1.54, 1.807) is 14.2 Å². The van der Waals surface area contributed by atoms with Gasteiger partial charge in [0, 0.05) is 44.0 Å². The molecule has 27 heavy (non-hydrogen) atoms. The number of H-pyrrole nitrogens is 1. The highest BCUT2D eigenvalue weighted by Gasteiger charge is 2.21. The second kappa shape index (κ2) is 7.36. The lowest BCUT2D eigenvalue weighted by atomic mass is 10.3. The third-order valence-corrected chi connectivity index (χ3v) is 4.64. The first kappa shape index (κ1) is 17.5. The topological polar surface area (TPSA) is 92.3 Å². The number of hydrogen-bond acceptors (Lipinski definition) is 8. The van der Waals surface area contributed by atoms with E-state index in [1.807, 2.05) is 25.1 Å². The number of aromatic nitrogens is 5. The van der Waals surface area contributed by atoms with Gasteiger partial charge in [-0.1, -0.05) is 0 Å². The Kier molecular flexibility index (Phi) is 4.76. The normalized spacial score (nSPS) is 15.3. The van der Waals surface area contributed by atoms with Crippen molar-refractivity contribution in [1.82, 2.24) is 29.8 Å². The van der Waals surface area contributed by atoms with Crippen molar-refractivity contribution in [3.05, 3.63) is 29.7 Å². The molecule has 3 aromatic rings. The molecular formula is C18H23N7O2. The van der Waals surface area contributed by atoms with Crippen LogP contribution in [-0.4, -0.2) is 70.2 Å². The molecule has 4 rings (SSSR count). The van der Waals surface area contributed by atoms with Crippen LogP contribution in [-0.2, 0) is 6.54 Å². The maximum Gasteiger partial charge on any atom is 0.228 e. The molecule has 9 heteroatoms. The van der Waals surface area contributed by atoms with Crippen molar-refractivity contribution in [3.8, 4) is 11.8 Å². The van der Waals surface area contributed by atoms with Gasteiger partial charge >= 0.3 is 0 Å². The first-order valence-electron chi connectivity index (χ1n) is 8.91. The summed E-state index contributed by atoms with van der Waals surface area (Å²) in [6.45, 7) is 6.25. The fraction of sp³-hybridized carbons (Fsp3) is 0.444. The van der Waals surface area contributed by atoms with E-state index in [-0.39, 0.29) is 0 Å². The van der Waals surface area contributed by atoms with Crippen molar-refractivity contribution in [3.63, 3.8) is 0 Å². The lowest BCUT2D eigenvalue weighted by Gasteiger charge is -2.34. The van der Waals surface area contributed by atoms with Gasteiger partial charge in [0.05, 0.1) is 26.3 Å². The average molecular weight is 369 g/mol. The number of nitrogens with one attached hydrogen (secondary N) is 1. The predicted octanol–water partition coefficient (Wildman–Crippen LogP) is 1.40. The van der Waals surface area contributed by atoms with Crippen molar-refractivity contribution < 1.29 is 9.47 Å². The zero-order chi connectivity index (χ0) is 18.8. The molecule has 0 amide bonds. The molecule has 1 aliphatic heterocycles. The molecule has 1 N–H and O–H groups in total. The zero-order valence-electron chi connectivity index (χ0n) is 15.8. The minimum absolute atomic E-state index is 0.572. The number of nitrogens with zero attached hydrogens (tertiary/aromatic N) is 6. The van der Waals surface area contributed by atoms with E-state index in [4.69, 9.17) is 9.47 Å². The van der Waals surface area contributed by atoms with E-state index in [9.17, 15) is 0 Å². The number of piperazine rings is 1. The number of methoxy groups -OCH3 is 2. The fourth-order valence-electron chi connectivity index (χ4n) is 3.20. The molecule has 1 saturated heterocycles. The highest BCUT2D eigenvalue weighted by Crippen LogP contribution is 2.18. The van der Waals surface area contributed by atoms with Gasteiger partial charge in [-0.15, -0.1) is 0 Å². The second-order valence-electron chi connectivity index (χ2n) is 6.52. The summed E-state index contributed by atoms with van der Waals surface area (Å²) in [6, 6.07) is 5.61. The summed E-state index contributed by atoms with van der Waals surface area (Å²) < 4.78 is 10.4. The maximum absolute atomic E-state index is 5.26. The highest BCUT2D eigenvalue weighted by atomic mass is 16.5. The monoisotopic (exact) mass is 369 g/mol. The van der Waals surface area contributed by atoms with E-state index in [2.05, 4.69) is 34.7 Å². The van der Waals surface area contributed by atoms with Crippen LogP contribution < -0.4 is 14.4 Å². The summed E-state index contributed by atoms with van der Waals surface area (Å²) in [7, 11) is 3.23. The van der Waals surface area contributed by atoms with Gasteiger partial charge in [-0.2, -0.15) is 9.97 Å². The van der Waals surface area contributed by atoms with Crippen LogP contribution >= 0.6 is 0 Å². The smallest absolute Gasteiger partial charge is 0.228 e. The first-order valence-corrected chi connectivity index (χ1v) is 8.91. The number of anilines is 1. The average Bonchev–Trinajstić information content (AvgIpc) is 3.09. The molecule has 142 valence electrons.